The lowest BCUT2D eigenvalue weighted by atomic mass is 10.2. The zero-order chi connectivity index (χ0) is 13.1. The second kappa shape index (κ2) is 6.98. The van der Waals surface area contributed by atoms with Gasteiger partial charge in [-0.25, -0.2) is 0 Å². The molecule has 2 aliphatic rings. The highest BCUT2D eigenvalue weighted by molar-refractivity contribution is 6.16. The normalized spacial score (nSPS) is 16.4. The molecule has 110 valence electrons. The molecule has 2 aliphatic heterocycles. The summed E-state index contributed by atoms with van der Waals surface area (Å²) in [7, 11) is 0. The second-order valence-corrected chi connectivity index (χ2v) is 5.39. The van der Waals surface area contributed by atoms with Crippen molar-refractivity contribution in [3.8, 4) is 0 Å². The van der Waals surface area contributed by atoms with Gasteiger partial charge in [-0.2, -0.15) is 0 Å². The molecule has 3 nitrogen and oxygen atoms in total. The topological polar surface area (TPSA) is 18.8 Å². The van der Waals surface area contributed by atoms with Gasteiger partial charge in [-0.3, -0.25) is 4.99 Å². The van der Waals surface area contributed by atoms with Crippen LogP contribution in [0.1, 0.15) is 39.0 Å². The maximum atomic E-state index is 4.76. The van der Waals surface area contributed by atoms with Crippen molar-refractivity contribution in [2.24, 2.45) is 4.99 Å². The molecule has 0 N–H and O–H groups in total. The number of hydrogen-bond acceptors (Lipinski definition) is 3. The van der Waals surface area contributed by atoms with E-state index in [0.29, 0.717) is 0 Å². The van der Waals surface area contributed by atoms with Gasteiger partial charge in [-0.15, -0.1) is 12.4 Å². The first-order valence-corrected chi connectivity index (χ1v) is 7.60. The summed E-state index contributed by atoms with van der Waals surface area (Å²) in [5.41, 5.74) is 2.69. The summed E-state index contributed by atoms with van der Waals surface area (Å²) in [5.74, 6) is 1.18. The van der Waals surface area contributed by atoms with E-state index in [1.54, 1.807) is 0 Å². The minimum Gasteiger partial charge on any atom is -0.310 e. The molecule has 4 heteroatoms. The molecule has 3 rings (SSSR count). The fourth-order valence-electron chi connectivity index (χ4n) is 3.00. The van der Waals surface area contributed by atoms with Crippen molar-refractivity contribution in [3.63, 3.8) is 0 Å². The molecule has 0 atom stereocenters. The van der Waals surface area contributed by atoms with Gasteiger partial charge >= 0.3 is 0 Å². The van der Waals surface area contributed by atoms with Crippen molar-refractivity contribution in [3.05, 3.63) is 24.3 Å². The summed E-state index contributed by atoms with van der Waals surface area (Å²) >= 11 is 0. The van der Waals surface area contributed by atoms with Gasteiger partial charge in [0.1, 0.15) is 0 Å². The first-order chi connectivity index (χ1) is 9.42. The summed E-state index contributed by atoms with van der Waals surface area (Å²) in [6, 6.07) is 8.72. The van der Waals surface area contributed by atoms with E-state index in [1.807, 2.05) is 0 Å². The standard InChI is InChI=1S/C16H23N3.ClH/c1-2-3-4-7-12-18-14-9-5-6-10-15(14)19-13-8-11-17-16(18)19;/h5-6,9-10H,2-4,7-8,11-13H2,1H3;1H. The van der Waals surface area contributed by atoms with E-state index in [4.69, 9.17) is 4.99 Å². The quantitative estimate of drug-likeness (QED) is 0.762. The van der Waals surface area contributed by atoms with Gasteiger partial charge in [0.2, 0.25) is 5.96 Å². The summed E-state index contributed by atoms with van der Waals surface area (Å²) in [5, 5.41) is 0. The minimum atomic E-state index is 0. The van der Waals surface area contributed by atoms with E-state index in [-0.39, 0.29) is 12.4 Å². The van der Waals surface area contributed by atoms with Crippen molar-refractivity contribution >= 4 is 29.7 Å². The van der Waals surface area contributed by atoms with Crippen LogP contribution in [-0.4, -0.2) is 25.6 Å². The van der Waals surface area contributed by atoms with E-state index in [0.717, 1.165) is 19.6 Å². The van der Waals surface area contributed by atoms with E-state index in [1.165, 1.54) is 49.4 Å². The Morgan fingerprint density at radius 3 is 2.70 bits per heavy atom. The van der Waals surface area contributed by atoms with E-state index < -0.39 is 0 Å². The Morgan fingerprint density at radius 2 is 1.90 bits per heavy atom. The van der Waals surface area contributed by atoms with Crippen molar-refractivity contribution in [2.75, 3.05) is 29.4 Å². The van der Waals surface area contributed by atoms with E-state index in [2.05, 4.69) is 41.0 Å². The molecule has 2 heterocycles. The predicted molar refractivity (Wildman–Crippen MR) is 89.4 cm³/mol. The maximum Gasteiger partial charge on any atom is 0.205 e. The first kappa shape index (κ1) is 15.2. The lowest BCUT2D eigenvalue weighted by Crippen LogP contribution is -2.42. The predicted octanol–water partition coefficient (Wildman–Crippen LogP) is 4.07. The molecule has 0 aliphatic carbocycles. The number of benzene rings is 1. The molecule has 1 aromatic rings. The zero-order valence-corrected chi connectivity index (χ0v) is 13.0. The molecule has 0 saturated carbocycles. The number of anilines is 2. The minimum absolute atomic E-state index is 0. The van der Waals surface area contributed by atoms with Gasteiger partial charge < -0.3 is 9.80 Å². The van der Waals surface area contributed by atoms with Crippen molar-refractivity contribution < 1.29 is 0 Å². The molecule has 0 fully saturated rings. The van der Waals surface area contributed by atoms with E-state index >= 15 is 0 Å². The highest BCUT2D eigenvalue weighted by atomic mass is 35.5. The average molecular weight is 294 g/mol. The van der Waals surface area contributed by atoms with Crippen LogP contribution >= 0.6 is 12.4 Å². The van der Waals surface area contributed by atoms with Crippen molar-refractivity contribution in [2.45, 2.75) is 39.0 Å². The third kappa shape index (κ3) is 2.78. The number of guanidine groups is 1. The monoisotopic (exact) mass is 293 g/mol. The summed E-state index contributed by atoms with van der Waals surface area (Å²) in [6.45, 7) is 5.46. The number of rotatable bonds is 5. The highest BCUT2D eigenvalue weighted by Crippen LogP contribution is 2.38. The fourth-order valence-corrected chi connectivity index (χ4v) is 3.00. The Hall–Kier alpha value is -1.22. The number of hydrogen-bond donors (Lipinski definition) is 0. The number of fused-ring (bicyclic) bond motifs is 3. The Labute approximate surface area is 128 Å². The number of para-hydroxylation sites is 2. The summed E-state index contributed by atoms with van der Waals surface area (Å²) in [6.07, 6.45) is 6.38. The van der Waals surface area contributed by atoms with Crippen molar-refractivity contribution in [1.29, 1.82) is 0 Å². The van der Waals surface area contributed by atoms with Gasteiger partial charge in [0, 0.05) is 19.6 Å². The molecule has 0 bridgehead atoms. The number of nitrogens with zero attached hydrogens (tertiary/aromatic N) is 3. The van der Waals surface area contributed by atoms with Gasteiger partial charge in [0.15, 0.2) is 0 Å². The Kier molecular flexibility index (Phi) is 5.30. The molecule has 0 unspecified atom stereocenters. The molecular weight excluding hydrogens is 270 g/mol. The molecule has 20 heavy (non-hydrogen) atoms. The van der Waals surface area contributed by atoms with Gasteiger partial charge in [0.05, 0.1) is 11.4 Å². The molecule has 0 radical (unpaired) electrons. The zero-order valence-electron chi connectivity index (χ0n) is 12.2. The number of halogens is 1. The van der Waals surface area contributed by atoms with Crippen LogP contribution in [0.25, 0.3) is 0 Å². The molecule has 0 aromatic heterocycles. The second-order valence-electron chi connectivity index (χ2n) is 5.39. The highest BCUT2D eigenvalue weighted by Gasteiger charge is 2.32. The Balaban J connectivity index is 0.00000147. The van der Waals surface area contributed by atoms with Crippen LogP contribution in [0.5, 0.6) is 0 Å². The number of aliphatic imine (C=N–C) groups is 1. The van der Waals surface area contributed by atoms with Crippen LogP contribution in [0.15, 0.2) is 29.3 Å². The smallest absolute Gasteiger partial charge is 0.205 e. The Bertz CT molecular complexity index is 473. The Morgan fingerprint density at radius 1 is 1.10 bits per heavy atom. The van der Waals surface area contributed by atoms with Crippen LogP contribution in [0.3, 0.4) is 0 Å². The van der Waals surface area contributed by atoms with Crippen LogP contribution in [0.4, 0.5) is 11.4 Å². The van der Waals surface area contributed by atoms with E-state index in [9.17, 15) is 0 Å². The fraction of sp³-hybridized carbons (Fsp3) is 0.562. The van der Waals surface area contributed by atoms with Gasteiger partial charge in [-0.1, -0.05) is 38.3 Å². The van der Waals surface area contributed by atoms with Crippen LogP contribution in [0.2, 0.25) is 0 Å². The van der Waals surface area contributed by atoms with Crippen LogP contribution in [0, 0.1) is 0 Å². The number of unbranched alkanes of at least 4 members (excludes halogenated alkanes) is 3. The average Bonchev–Trinajstić information content (AvgIpc) is 2.78. The third-order valence-corrected chi connectivity index (χ3v) is 3.97. The summed E-state index contributed by atoms with van der Waals surface area (Å²) in [4.78, 5) is 9.56. The maximum absolute atomic E-state index is 4.76. The molecular formula is C16H24ClN3. The third-order valence-electron chi connectivity index (χ3n) is 3.97. The molecule has 0 amide bonds. The summed E-state index contributed by atoms with van der Waals surface area (Å²) < 4.78 is 0. The molecule has 1 aromatic carbocycles. The van der Waals surface area contributed by atoms with Gasteiger partial charge in [0.25, 0.3) is 0 Å². The first-order valence-electron chi connectivity index (χ1n) is 7.60. The molecule has 0 spiro atoms. The lowest BCUT2D eigenvalue weighted by Gasteiger charge is -2.26. The lowest BCUT2D eigenvalue weighted by molar-refractivity contribution is 0.669. The molecule has 0 saturated heterocycles. The SMILES string of the molecule is CCCCCCN1C2=NCCCN2c2ccccc21.Cl. The van der Waals surface area contributed by atoms with Crippen LogP contribution < -0.4 is 9.80 Å². The van der Waals surface area contributed by atoms with Gasteiger partial charge in [-0.05, 0) is 25.0 Å². The van der Waals surface area contributed by atoms with Crippen LogP contribution in [-0.2, 0) is 0 Å². The van der Waals surface area contributed by atoms with Crippen molar-refractivity contribution in [1.82, 2.24) is 0 Å². The largest absolute Gasteiger partial charge is 0.310 e.